The summed E-state index contributed by atoms with van der Waals surface area (Å²) in [4.78, 5) is 16.5. The minimum absolute atomic E-state index is 0.185. The number of hydrogen-bond donors (Lipinski definition) is 1. The molecule has 108 valence electrons. The highest BCUT2D eigenvalue weighted by Crippen LogP contribution is 2.19. The van der Waals surface area contributed by atoms with E-state index in [1.54, 1.807) is 24.3 Å². The number of aromatic nitrogens is 2. The van der Waals surface area contributed by atoms with Crippen molar-refractivity contribution in [1.82, 2.24) is 15.0 Å². The van der Waals surface area contributed by atoms with Gasteiger partial charge in [0.1, 0.15) is 0 Å². The van der Waals surface area contributed by atoms with Gasteiger partial charge in [-0.15, -0.1) is 6.42 Å². The predicted molar refractivity (Wildman–Crippen MR) is 76.5 cm³/mol. The van der Waals surface area contributed by atoms with Crippen molar-refractivity contribution in [3.63, 3.8) is 0 Å². The number of nitrogens with zero attached hydrogens (tertiary/aromatic N) is 3. The van der Waals surface area contributed by atoms with Crippen molar-refractivity contribution in [1.29, 1.82) is 0 Å². The number of benzene rings is 1. The lowest BCUT2D eigenvalue weighted by Crippen LogP contribution is -2.30. The summed E-state index contributed by atoms with van der Waals surface area (Å²) in [5.41, 5.74) is 0.736. The van der Waals surface area contributed by atoms with Crippen LogP contribution in [0.5, 0.6) is 0 Å². The largest absolute Gasteiger partial charge is 0.480 e. The Labute approximate surface area is 126 Å². The molecule has 0 aliphatic heterocycles. The molecule has 0 saturated carbocycles. The van der Waals surface area contributed by atoms with Crippen LogP contribution >= 0.6 is 11.6 Å². The highest BCUT2D eigenvalue weighted by molar-refractivity contribution is 6.30. The van der Waals surface area contributed by atoms with Crippen molar-refractivity contribution in [2.75, 3.05) is 13.1 Å². The molecule has 1 aromatic heterocycles. The summed E-state index contributed by atoms with van der Waals surface area (Å²) in [7, 11) is 0. The molecule has 0 bridgehead atoms. The fourth-order valence-corrected chi connectivity index (χ4v) is 1.84. The Bertz CT molecular complexity index is 661. The minimum Gasteiger partial charge on any atom is -0.480 e. The maximum Gasteiger partial charge on any atom is 0.317 e. The van der Waals surface area contributed by atoms with Crippen LogP contribution in [0.1, 0.15) is 5.82 Å². The van der Waals surface area contributed by atoms with Crippen LogP contribution in [0.3, 0.4) is 0 Å². The van der Waals surface area contributed by atoms with E-state index in [9.17, 15) is 4.79 Å². The van der Waals surface area contributed by atoms with Crippen molar-refractivity contribution in [3.8, 4) is 23.8 Å². The lowest BCUT2D eigenvalue weighted by Gasteiger charge is -2.14. The zero-order valence-corrected chi connectivity index (χ0v) is 11.7. The molecule has 0 aliphatic carbocycles. The van der Waals surface area contributed by atoms with Crippen molar-refractivity contribution >= 4 is 17.6 Å². The van der Waals surface area contributed by atoms with E-state index in [2.05, 4.69) is 16.1 Å². The second kappa shape index (κ2) is 6.88. The molecule has 0 aliphatic rings. The van der Waals surface area contributed by atoms with Gasteiger partial charge in [0, 0.05) is 10.6 Å². The molecule has 2 aromatic rings. The summed E-state index contributed by atoms with van der Waals surface area (Å²) < 4.78 is 5.14. The van der Waals surface area contributed by atoms with E-state index < -0.39 is 5.97 Å². The minimum atomic E-state index is -0.966. The van der Waals surface area contributed by atoms with Gasteiger partial charge in [0.2, 0.25) is 0 Å². The highest BCUT2D eigenvalue weighted by atomic mass is 35.5. The molecular weight excluding hydrogens is 294 g/mol. The van der Waals surface area contributed by atoms with E-state index in [0.717, 1.165) is 5.56 Å². The SMILES string of the molecule is C#CCN(CC(=O)O)Cc1noc(-c2ccc(Cl)cc2)n1. The first kappa shape index (κ1) is 15.0. The fourth-order valence-electron chi connectivity index (χ4n) is 1.72. The highest BCUT2D eigenvalue weighted by Gasteiger charge is 2.14. The van der Waals surface area contributed by atoms with E-state index in [-0.39, 0.29) is 19.6 Å². The molecule has 0 spiro atoms. The normalized spacial score (nSPS) is 10.5. The Morgan fingerprint density at radius 2 is 2.14 bits per heavy atom. The van der Waals surface area contributed by atoms with E-state index in [0.29, 0.717) is 16.7 Å². The topological polar surface area (TPSA) is 79.5 Å². The summed E-state index contributed by atoms with van der Waals surface area (Å²) in [5.74, 6) is 2.15. The second-order valence-corrected chi connectivity index (χ2v) is 4.70. The molecule has 1 N–H and O–H groups in total. The lowest BCUT2D eigenvalue weighted by molar-refractivity contribution is -0.138. The van der Waals surface area contributed by atoms with Crippen molar-refractivity contribution in [3.05, 3.63) is 35.1 Å². The van der Waals surface area contributed by atoms with Gasteiger partial charge >= 0.3 is 5.97 Å². The zero-order chi connectivity index (χ0) is 15.2. The quantitative estimate of drug-likeness (QED) is 0.821. The van der Waals surface area contributed by atoms with Gasteiger partial charge in [0.25, 0.3) is 5.89 Å². The van der Waals surface area contributed by atoms with Crippen LogP contribution in [0.25, 0.3) is 11.5 Å². The van der Waals surface area contributed by atoms with Crippen LogP contribution in [0.4, 0.5) is 0 Å². The van der Waals surface area contributed by atoms with Crippen molar-refractivity contribution in [2.24, 2.45) is 0 Å². The zero-order valence-electron chi connectivity index (χ0n) is 11.0. The molecule has 1 aromatic carbocycles. The number of terminal acetylenes is 1. The summed E-state index contributed by atoms with van der Waals surface area (Å²) in [6, 6.07) is 6.96. The standard InChI is InChI=1S/C14H12ClN3O3/c1-2-7-18(9-13(19)20)8-12-16-14(21-17-12)10-3-5-11(15)6-4-10/h1,3-6H,7-9H2,(H,19,20). The first-order valence-corrected chi connectivity index (χ1v) is 6.42. The average molecular weight is 306 g/mol. The van der Waals surface area contributed by atoms with Gasteiger partial charge in [-0.1, -0.05) is 22.7 Å². The lowest BCUT2D eigenvalue weighted by atomic mass is 10.2. The van der Waals surface area contributed by atoms with E-state index in [1.165, 1.54) is 4.90 Å². The third-order valence-corrected chi connectivity index (χ3v) is 2.85. The number of carboxylic acids is 1. The van der Waals surface area contributed by atoms with Crippen LogP contribution < -0.4 is 0 Å². The van der Waals surface area contributed by atoms with Crippen LogP contribution in [0.15, 0.2) is 28.8 Å². The van der Waals surface area contributed by atoms with Gasteiger partial charge in [0.15, 0.2) is 5.82 Å². The van der Waals surface area contributed by atoms with Crippen molar-refractivity contribution < 1.29 is 14.4 Å². The van der Waals surface area contributed by atoms with Gasteiger partial charge in [-0.05, 0) is 24.3 Å². The number of rotatable bonds is 6. The Kier molecular flexibility index (Phi) is 4.93. The number of halogens is 1. The van der Waals surface area contributed by atoms with Crippen molar-refractivity contribution in [2.45, 2.75) is 6.54 Å². The monoisotopic (exact) mass is 305 g/mol. The van der Waals surface area contributed by atoms with Gasteiger partial charge in [-0.2, -0.15) is 4.98 Å². The molecule has 6 nitrogen and oxygen atoms in total. The smallest absolute Gasteiger partial charge is 0.317 e. The number of carboxylic acid groups (broad SMARTS) is 1. The Balaban J connectivity index is 2.10. The first-order chi connectivity index (χ1) is 10.1. The van der Waals surface area contributed by atoms with E-state index >= 15 is 0 Å². The van der Waals surface area contributed by atoms with Gasteiger partial charge in [-0.3, -0.25) is 9.69 Å². The molecule has 2 rings (SSSR count). The summed E-state index contributed by atoms with van der Waals surface area (Å²) >= 11 is 5.81. The Morgan fingerprint density at radius 1 is 1.43 bits per heavy atom. The molecule has 0 radical (unpaired) electrons. The third kappa shape index (κ3) is 4.31. The molecule has 0 unspecified atom stereocenters. The summed E-state index contributed by atoms with van der Waals surface area (Å²) in [6.45, 7) is 0.208. The molecule has 7 heteroatoms. The molecule has 0 saturated heterocycles. The number of aliphatic carboxylic acids is 1. The average Bonchev–Trinajstić information content (AvgIpc) is 2.87. The predicted octanol–water partition coefficient (Wildman–Crippen LogP) is 1.91. The van der Waals surface area contributed by atoms with Gasteiger partial charge in [0.05, 0.1) is 19.6 Å². The molecule has 0 atom stereocenters. The second-order valence-electron chi connectivity index (χ2n) is 4.27. The van der Waals surface area contributed by atoms with Gasteiger partial charge in [-0.25, -0.2) is 0 Å². The number of hydrogen-bond acceptors (Lipinski definition) is 5. The van der Waals surface area contributed by atoms with Crippen LogP contribution in [0, 0.1) is 12.3 Å². The molecular formula is C14H12ClN3O3. The summed E-state index contributed by atoms with van der Waals surface area (Å²) in [6.07, 6.45) is 5.21. The van der Waals surface area contributed by atoms with E-state index in [1.807, 2.05) is 0 Å². The maximum atomic E-state index is 10.7. The first-order valence-electron chi connectivity index (χ1n) is 6.04. The number of carbonyl (C=O) groups is 1. The van der Waals surface area contributed by atoms with Gasteiger partial charge < -0.3 is 9.63 Å². The maximum absolute atomic E-state index is 10.7. The Hall–Kier alpha value is -2.36. The molecule has 21 heavy (non-hydrogen) atoms. The molecule has 0 fully saturated rings. The molecule has 1 heterocycles. The van der Waals surface area contributed by atoms with Crippen LogP contribution in [0.2, 0.25) is 5.02 Å². The molecule has 0 amide bonds. The Morgan fingerprint density at radius 3 is 2.76 bits per heavy atom. The third-order valence-electron chi connectivity index (χ3n) is 2.60. The summed E-state index contributed by atoms with van der Waals surface area (Å²) in [5, 5.41) is 13.2. The van der Waals surface area contributed by atoms with Crippen LogP contribution in [-0.4, -0.2) is 39.2 Å². The fraction of sp³-hybridized carbons (Fsp3) is 0.214. The van der Waals surface area contributed by atoms with E-state index in [4.69, 9.17) is 27.7 Å². The van der Waals surface area contributed by atoms with Crippen LogP contribution in [-0.2, 0) is 11.3 Å².